The molecule has 0 aliphatic carbocycles. The second kappa shape index (κ2) is 7.00. The Kier molecular flexibility index (Phi) is 5.47. The highest BCUT2D eigenvalue weighted by molar-refractivity contribution is 7.99. The Hall–Kier alpha value is -1.36. The Morgan fingerprint density at radius 2 is 2.27 bits per heavy atom. The molecule has 80 valence electrons. The molecule has 1 aromatic heterocycles. The summed E-state index contributed by atoms with van der Waals surface area (Å²) >= 11 is 1.46. The lowest BCUT2D eigenvalue weighted by atomic mass is 10.5. The van der Waals surface area contributed by atoms with Crippen molar-refractivity contribution in [2.75, 3.05) is 12.4 Å². The fraction of sp³-hybridized carbons (Fsp3) is 0.300. The van der Waals surface area contributed by atoms with Gasteiger partial charge in [0.2, 0.25) is 0 Å². The summed E-state index contributed by atoms with van der Waals surface area (Å²) in [7, 11) is 0. The van der Waals surface area contributed by atoms with Crippen molar-refractivity contribution in [1.82, 2.24) is 9.97 Å². The molecule has 0 saturated heterocycles. The van der Waals surface area contributed by atoms with Crippen LogP contribution >= 0.6 is 11.8 Å². The van der Waals surface area contributed by atoms with Gasteiger partial charge in [0, 0.05) is 24.2 Å². The molecule has 1 rings (SSSR count). The number of ether oxygens (including phenoxy) is 1. The summed E-state index contributed by atoms with van der Waals surface area (Å²) in [5.41, 5.74) is 0. The Balaban J connectivity index is 2.24. The van der Waals surface area contributed by atoms with Crippen LogP contribution in [0, 0.1) is 0 Å². The number of carbonyl (C=O) groups is 1. The average molecular weight is 224 g/mol. The Labute approximate surface area is 92.8 Å². The predicted molar refractivity (Wildman–Crippen MR) is 58.5 cm³/mol. The molecular weight excluding hydrogens is 212 g/mol. The number of rotatable bonds is 5. The van der Waals surface area contributed by atoms with Crippen molar-refractivity contribution in [3.8, 4) is 0 Å². The van der Waals surface area contributed by atoms with Crippen molar-refractivity contribution in [2.24, 2.45) is 0 Å². The van der Waals surface area contributed by atoms with Crippen LogP contribution in [0.1, 0.15) is 6.92 Å². The van der Waals surface area contributed by atoms with Crippen molar-refractivity contribution >= 4 is 17.7 Å². The third-order valence-corrected chi connectivity index (χ3v) is 2.22. The number of carbonyl (C=O) groups excluding carboxylic acids is 1. The van der Waals surface area contributed by atoms with Gasteiger partial charge in [-0.2, -0.15) is 0 Å². The minimum Gasteiger partial charge on any atom is -0.463 e. The fourth-order valence-electron chi connectivity index (χ4n) is 0.817. The van der Waals surface area contributed by atoms with Gasteiger partial charge in [-0.15, -0.1) is 0 Å². The van der Waals surface area contributed by atoms with E-state index < -0.39 is 0 Å². The molecule has 0 fully saturated rings. The quantitative estimate of drug-likeness (QED) is 0.330. The van der Waals surface area contributed by atoms with Crippen LogP contribution in [0.4, 0.5) is 0 Å². The highest BCUT2D eigenvalue weighted by atomic mass is 32.2. The predicted octanol–water partition coefficient (Wildman–Crippen LogP) is 1.69. The lowest BCUT2D eigenvalue weighted by molar-refractivity contribution is -0.137. The number of hydrogen-bond acceptors (Lipinski definition) is 5. The summed E-state index contributed by atoms with van der Waals surface area (Å²) in [4.78, 5) is 19.0. The minimum atomic E-state index is -0.313. The second-order valence-corrected chi connectivity index (χ2v) is 3.48. The molecule has 0 aromatic carbocycles. The van der Waals surface area contributed by atoms with Gasteiger partial charge in [-0.25, -0.2) is 14.8 Å². The first-order valence-corrected chi connectivity index (χ1v) is 5.54. The number of hydrogen-bond donors (Lipinski definition) is 0. The SMILES string of the molecule is CCOC(=O)/C=C/CSc1ncccn1. The zero-order valence-corrected chi connectivity index (χ0v) is 9.24. The highest BCUT2D eigenvalue weighted by Crippen LogP contribution is 2.10. The summed E-state index contributed by atoms with van der Waals surface area (Å²) in [6.45, 7) is 2.18. The van der Waals surface area contributed by atoms with Crippen LogP contribution in [0.2, 0.25) is 0 Å². The van der Waals surface area contributed by atoms with Crippen LogP contribution in [0.5, 0.6) is 0 Å². The molecule has 0 radical (unpaired) electrons. The summed E-state index contributed by atoms with van der Waals surface area (Å²) in [6.07, 6.45) is 6.52. The Morgan fingerprint density at radius 1 is 1.53 bits per heavy atom. The summed E-state index contributed by atoms with van der Waals surface area (Å²) < 4.78 is 4.73. The number of aromatic nitrogens is 2. The van der Waals surface area contributed by atoms with Crippen molar-refractivity contribution in [2.45, 2.75) is 12.1 Å². The lowest BCUT2D eigenvalue weighted by Crippen LogP contribution is -1.98. The lowest BCUT2D eigenvalue weighted by Gasteiger charge is -1.95. The smallest absolute Gasteiger partial charge is 0.330 e. The van der Waals surface area contributed by atoms with Gasteiger partial charge in [0.15, 0.2) is 5.16 Å². The molecule has 0 N–H and O–H groups in total. The molecule has 1 heterocycles. The third-order valence-electron chi connectivity index (χ3n) is 1.39. The average Bonchev–Trinajstić information content (AvgIpc) is 2.26. The van der Waals surface area contributed by atoms with E-state index in [1.807, 2.05) is 0 Å². The van der Waals surface area contributed by atoms with Crippen LogP contribution < -0.4 is 0 Å². The number of nitrogens with zero attached hydrogens (tertiary/aromatic N) is 2. The molecule has 5 heteroatoms. The summed E-state index contributed by atoms with van der Waals surface area (Å²) in [5, 5.41) is 0.700. The molecular formula is C10H12N2O2S. The van der Waals surface area contributed by atoms with E-state index in [-0.39, 0.29) is 5.97 Å². The molecule has 0 aliphatic rings. The van der Waals surface area contributed by atoms with Crippen molar-refractivity contribution < 1.29 is 9.53 Å². The molecule has 1 aromatic rings. The second-order valence-electron chi connectivity index (χ2n) is 2.50. The van der Waals surface area contributed by atoms with Crippen LogP contribution in [0.3, 0.4) is 0 Å². The van der Waals surface area contributed by atoms with E-state index in [9.17, 15) is 4.79 Å². The summed E-state index contributed by atoms with van der Waals surface area (Å²) in [6, 6.07) is 1.76. The van der Waals surface area contributed by atoms with Crippen molar-refractivity contribution in [1.29, 1.82) is 0 Å². The van der Waals surface area contributed by atoms with E-state index in [0.717, 1.165) is 0 Å². The van der Waals surface area contributed by atoms with Gasteiger partial charge in [-0.1, -0.05) is 17.8 Å². The van der Waals surface area contributed by atoms with E-state index >= 15 is 0 Å². The van der Waals surface area contributed by atoms with Gasteiger partial charge in [-0.3, -0.25) is 0 Å². The van der Waals surface area contributed by atoms with E-state index in [4.69, 9.17) is 4.74 Å². The van der Waals surface area contributed by atoms with Crippen LogP contribution in [-0.2, 0) is 9.53 Å². The van der Waals surface area contributed by atoms with E-state index in [0.29, 0.717) is 17.5 Å². The standard InChI is InChI=1S/C10H12N2O2S/c1-2-14-9(13)5-3-8-15-10-11-6-4-7-12-10/h3-7H,2,8H2,1H3/b5-3+. The van der Waals surface area contributed by atoms with Gasteiger partial charge in [0.05, 0.1) is 6.61 Å². The first-order chi connectivity index (χ1) is 7.33. The van der Waals surface area contributed by atoms with Crippen molar-refractivity contribution in [3.63, 3.8) is 0 Å². The molecule has 15 heavy (non-hydrogen) atoms. The van der Waals surface area contributed by atoms with Gasteiger partial charge < -0.3 is 4.74 Å². The topological polar surface area (TPSA) is 52.1 Å². The summed E-state index contributed by atoms with van der Waals surface area (Å²) in [5.74, 6) is 0.343. The molecule has 0 unspecified atom stereocenters. The molecule has 0 saturated carbocycles. The van der Waals surface area contributed by atoms with Crippen LogP contribution in [0.25, 0.3) is 0 Å². The largest absolute Gasteiger partial charge is 0.463 e. The highest BCUT2D eigenvalue weighted by Gasteiger charge is 1.94. The van der Waals surface area contributed by atoms with Gasteiger partial charge >= 0.3 is 5.97 Å². The first kappa shape index (κ1) is 11.7. The van der Waals surface area contributed by atoms with Gasteiger partial charge in [0.25, 0.3) is 0 Å². The third kappa shape index (κ3) is 5.17. The maximum absolute atomic E-state index is 10.9. The number of thioether (sulfide) groups is 1. The van der Waals surface area contributed by atoms with Crippen LogP contribution in [0.15, 0.2) is 35.8 Å². The zero-order chi connectivity index (χ0) is 10.9. The number of esters is 1. The molecule has 0 amide bonds. The maximum Gasteiger partial charge on any atom is 0.330 e. The molecule has 0 spiro atoms. The zero-order valence-electron chi connectivity index (χ0n) is 8.42. The Morgan fingerprint density at radius 3 is 2.93 bits per heavy atom. The van der Waals surface area contributed by atoms with Gasteiger partial charge in [-0.05, 0) is 13.0 Å². The fourth-order valence-corrected chi connectivity index (χ4v) is 1.43. The first-order valence-electron chi connectivity index (χ1n) is 4.56. The van der Waals surface area contributed by atoms with E-state index in [1.54, 1.807) is 31.5 Å². The van der Waals surface area contributed by atoms with E-state index in [1.165, 1.54) is 17.8 Å². The molecule has 0 bridgehead atoms. The molecule has 0 atom stereocenters. The maximum atomic E-state index is 10.9. The Bertz CT molecular complexity index is 327. The van der Waals surface area contributed by atoms with E-state index in [2.05, 4.69) is 9.97 Å². The monoisotopic (exact) mass is 224 g/mol. The van der Waals surface area contributed by atoms with Crippen molar-refractivity contribution in [3.05, 3.63) is 30.6 Å². The van der Waals surface area contributed by atoms with Gasteiger partial charge in [0.1, 0.15) is 0 Å². The van der Waals surface area contributed by atoms with Crippen LogP contribution in [-0.4, -0.2) is 28.3 Å². The molecule has 4 nitrogen and oxygen atoms in total. The minimum absolute atomic E-state index is 0.313. The normalized spacial score (nSPS) is 10.5. The molecule has 0 aliphatic heterocycles.